The van der Waals surface area contributed by atoms with Gasteiger partial charge in [-0.15, -0.1) is 0 Å². The van der Waals surface area contributed by atoms with E-state index in [1.165, 1.54) is 5.56 Å². The number of benzene rings is 2. The molecule has 5 nitrogen and oxygen atoms in total. The highest BCUT2D eigenvalue weighted by molar-refractivity contribution is 5.95. The third-order valence-corrected chi connectivity index (χ3v) is 6.60. The Balaban J connectivity index is 1.40. The maximum atomic E-state index is 13.4. The summed E-state index contributed by atoms with van der Waals surface area (Å²) in [6, 6.07) is 21.9. The fourth-order valence-corrected chi connectivity index (χ4v) is 4.57. The monoisotopic (exact) mass is 455 g/mol. The lowest BCUT2D eigenvalue weighted by atomic mass is 10.0. The van der Waals surface area contributed by atoms with Gasteiger partial charge in [-0.05, 0) is 60.7 Å². The van der Waals surface area contributed by atoms with E-state index in [1.807, 2.05) is 59.5 Å². The van der Waals surface area contributed by atoms with E-state index >= 15 is 0 Å². The van der Waals surface area contributed by atoms with E-state index in [2.05, 4.69) is 29.4 Å². The second-order valence-electron chi connectivity index (χ2n) is 9.10. The van der Waals surface area contributed by atoms with Crippen LogP contribution in [0, 0.1) is 12.8 Å². The average molecular weight is 456 g/mol. The minimum Gasteiger partial charge on any atom is -0.355 e. The maximum Gasteiger partial charge on any atom is 0.230 e. The van der Waals surface area contributed by atoms with Gasteiger partial charge in [0.15, 0.2) is 0 Å². The van der Waals surface area contributed by atoms with Gasteiger partial charge in [0.2, 0.25) is 11.8 Å². The van der Waals surface area contributed by atoms with Crippen molar-refractivity contribution in [2.75, 3.05) is 11.4 Å². The van der Waals surface area contributed by atoms with E-state index in [0.717, 1.165) is 48.2 Å². The molecule has 34 heavy (non-hydrogen) atoms. The zero-order valence-corrected chi connectivity index (χ0v) is 19.9. The molecule has 1 saturated carbocycles. The second kappa shape index (κ2) is 11.6. The number of aromatic nitrogens is 1. The van der Waals surface area contributed by atoms with Crippen molar-refractivity contribution in [1.82, 2.24) is 10.3 Å². The molecule has 1 N–H and O–H groups in total. The quantitative estimate of drug-likeness (QED) is 0.493. The minimum absolute atomic E-state index is 0.0116. The Bertz CT molecular complexity index is 1090. The van der Waals surface area contributed by atoms with E-state index in [-0.39, 0.29) is 17.7 Å². The first-order chi connectivity index (χ1) is 16.6. The van der Waals surface area contributed by atoms with Crippen LogP contribution in [0.4, 0.5) is 5.69 Å². The normalized spacial score (nSPS) is 13.6. The molecule has 0 bridgehead atoms. The van der Waals surface area contributed by atoms with Crippen molar-refractivity contribution in [2.24, 2.45) is 5.92 Å². The zero-order chi connectivity index (χ0) is 23.8. The van der Waals surface area contributed by atoms with Gasteiger partial charge >= 0.3 is 0 Å². The number of hydrogen-bond acceptors (Lipinski definition) is 3. The van der Waals surface area contributed by atoms with Crippen LogP contribution in [0.5, 0.6) is 0 Å². The van der Waals surface area contributed by atoms with Crippen LogP contribution >= 0.6 is 0 Å². The number of hydrogen-bond donors (Lipinski definition) is 1. The van der Waals surface area contributed by atoms with Crippen LogP contribution in [-0.4, -0.2) is 23.3 Å². The van der Waals surface area contributed by atoms with E-state index in [0.29, 0.717) is 25.9 Å². The summed E-state index contributed by atoms with van der Waals surface area (Å²) in [5.41, 5.74) is 5.13. The number of carbonyl (C=O) groups is 2. The molecule has 0 unspecified atom stereocenters. The van der Waals surface area contributed by atoms with Crippen LogP contribution in [-0.2, 0) is 29.0 Å². The van der Waals surface area contributed by atoms with Crippen LogP contribution in [0.1, 0.15) is 48.1 Å². The van der Waals surface area contributed by atoms with Crippen molar-refractivity contribution in [3.8, 4) is 0 Å². The van der Waals surface area contributed by atoms with Crippen molar-refractivity contribution >= 4 is 17.5 Å². The average Bonchev–Trinajstić information content (AvgIpc) is 3.40. The first-order valence-corrected chi connectivity index (χ1v) is 12.2. The van der Waals surface area contributed by atoms with Crippen molar-refractivity contribution in [2.45, 2.75) is 52.0 Å². The predicted octanol–water partition coefficient (Wildman–Crippen LogP) is 5.01. The number of rotatable bonds is 9. The molecule has 0 saturated heterocycles. The van der Waals surface area contributed by atoms with Gasteiger partial charge in [0.05, 0.1) is 13.0 Å². The molecular formula is C29H33N3O2. The number of amides is 2. The molecule has 176 valence electrons. The summed E-state index contributed by atoms with van der Waals surface area (Å²) in [6.07, 6.45) is 6.99. The molecule has 2 aromatic carbocycles. The summed E-state index contributed by atoms with van der Waals surface area (Å²) in [5, 5.41) is 2.97. The van der Waals surface area contributed by atoms with Gasteiger partial charge in [-0.2, -0.15) is 0 Å². The Morgan fingerprint density at radius 2 is 1.71 bits per heavy atom. The van der Waals surface area contributed by atoms with Crippen molar-refractivity contribution < 1.29 is 9.59 Å². The summed E-state index contributed by atoms with van der Waals surface area (Å²) in [5.74, 6) is 0.303. The highest BCUT2D eigenvalue weighted by Gasteiger charge is 2.28. The van der Waals surface area contributed by atoms with Crippen LogP contribution in [0.15, 0.2) is 72.9 Å². The molecule has 0 radical (unpaired) electrons. The van der Waals surface area contributed by atoms with Gasteiger partial charge in [0.25, 0.3) is 0 Å². The summed E-state index contributed by atoms with van der Waals surface area (Å²) >= 11 is 0. The fourth-order valence-electron chi connectivity index (χ4n) is 4.57. The van der Waals surface area contributed by atoms with E-state index in [9.17, 15) is 9.59 Å². The first-order valence-electron chi connectivity index (χ1n) is 12.2. The smallest absolute Gasteiger partial charge is 0.230 e. The standard InChI is InChI=1S/C29H33N3O2/c1-22-8-2-3-11-25(22)21-32(29(34)24-9-4-5-10-24)27-15-13-23(14-16-27)20-28(33)31-19-17-26-12-6-7-18-30-26/h2-3,6-8,11-16,18,24H,4-5,9-10,17,19-21H2,1H3,(H,31,33). The fraction of sp³-hybridized carbons (Fsp3) is 0.345. The topological polar surface area (TPSA) is 62.3 Å². The van der Waals surface area contributed by atoms with Crippen LogP contribution < -0.4 is 10.2 Å². The number of nitrogens with zero attached hydrogens (tertiary/aromatic N) is 2. The molecule has 3 aromatic rings. The second-order valence-corrected chi connectivity index (χ2v) is 9.10. The molecule has 1 aliphatic carbocycles. The number of pyridine rings is 1. The Kier molecular flexibility index (Phi) is 8.08. The van der Waals surface area contributed by atoms with Gasteiger partial charge < -0.3 is 10.2 Å². The minimum atomic E-state index is -0.0116. The molecule has 2 amide bonds. The summed E-state index contributed by atoms with van der Waals surface area (Å²) in [6.45, 7) is 3.21. The van der Waals surface area contributed by atoms with Gasteiger partial charge in [0, 0.05) is 36.5 Å². The Hall–Kier alpha value is -3.47. The lowest BCUT2D eigenvalue weighted by Gasteiger charge is -2.27. The molecule has 0 spiro atoms. The number of aryl methyl sites for hydroxylation is 1. The Morgan fingerprint density at radius 1 is 0.971 bits per heavy atom. The third kappa shape index (κ3) is 6.31. The highest BCUT2D eigenvalue weighted by atomic mass is 16.2. The molecule has 1 fully saturated rings. The lowest BCUT2D eigenvalue weighted by molar-refractivity contribution is -0.122. The summed E-state index contributed by atoms with van der Waals surface area (Å²) < 4.78 is 0. The van der Waals surface area contributed by atoms with E-state index in [1.54, 1.807) is 6.20 Å². The molecule has 0 aliphatic heterocycles. The number of nitrogens with one attached hydrogen (secondary N) is 1. The van der Waals surface area contributed by atoms with Crippen LogP contribution in [0.2, 0.25) is 0 Å². The van der Waals surface area contributed by atoms with Crippen LogP contribution in [0.25, 0.3) is 0 Å². The SMILES string of the molecule is Cc1ccccc1CN(C(=O)C1CCCC1)c1ccc(CC(=O)NCCc2ccccn2)cc1. The summed E-state index contributed by atoms with van der Waals surface area (Å²) in [7, 11) is 0. The van der Waals surface area contributed by atoms with Crippen molar-refractivity contribution in [3.63, 3.8) is 0 Å². The Morgan fingerprint density at radius 3 is 2.41 bits per heavy atom. The molecule has 5 heteroatoms. The maximum absolute atomic E-state index is 13.4. The molecule has 1 heterocycles. The molecular weight excluding hydrogens is 422 g/mol. The third-order valence-electron chi connectivity index (χ3n) is 6.60. The molecule has 4 rings (SSSR count). The van der Waals surface area contributed by atoms with E-state index in [4.69, 9.17) is 0 Å². The molecule has 0 atom stereocenters. The largest absolute Gasteiger partial charge is 0.355 e. The van der Waals surface area contributed by atoms with Crippen molar-refractivity contribution in [3.05, 3.63) is 95.3 Å². The first kappa shape index (κ1) is 23.7. The number of carbonyl (C=O) groups excluding carboxylic acids is 2. The zero-order valence-electron chi connectivity index (χ0n) is 19.9. The van der Waals surface area contributed by atoms with Gasteiger partial charge in [-0.1, -0.05) is 55.3 Å². The highest BCUT2D eigenvalue weighted by Crippen LogP contribution is 2.30. The molecule has 1 aliphatic rings. The molecule has 1 aromatic heterocycles. The lowest BCUT2D eigenvalue weighted by Crippen LogP contribution is -2.35. The van der Waals surface area contributed by atoms with Crippen molar-refractivity contribution in [1.29, 1.82) is 0 Å². The summed E-state index contributed by atoms with van der Waals surface area (Å²) in [4.78, 5) is 32.0. The van der Waals surface area contributed by atoms with Crippen LogP contribution in [0.3, 0.4) is 0 Å². The Labute approximate surface area is 202 Å². The van der Waals surface area contributed by atoms with Gasteiger partial charge in [-0.25, -0.2) is 0 Å². The van der Waals surface area contributed by atoms with Gasteiger partial charge in [0.1, 0.15) is 0 Å². The number of anilines is 1. The van der Waals surface area contributed by atoms with E-state index < -0.39 is 0 Å². The predicted molar refractivity (Wildman–Crippen MR) is 135 cm³/mol. The van der Waals surface area contributed by atoms with Gasteiger partial charge in [-0.3, -0.25) is 14.6 Å².